The number of ether oxygens (including phenoxy) is 3. The molecule has 0 spiro atoms. The molecule has 0 unspecified atom stereocenters. The van der Waals surface area contributed by atoms with Crippen LogP contribution in [-0.2, 0) is 16.1 Å². The van der Waals surface area contributed by atoms with Gasteiger partial charge in [0.15, 0.2) is 12.4 Å². The summed E-state index contributed by atoms with van der Waals surface area (Å²) in [5, 5.41) is 1.94. The number of fused-ring (bicyclic) bond motifs is 1. The molecule has 1 aliphatic rings. The van der Waals surface area contributed by atoms with Crippen molar-refractivity contribution in [1.82, 2.24) is 0 Å². The third-order valence-electron chi connectivity index (χ3n) is 4.44. The molecule has 1 aliphatic heterocycles. The molecule has 0 atom stereocenters. The van der Waals surface area contributed by atoms with Crippen LogP contribution in [0.2, 0.25) is 0 Å². The van der Waals surface area contributed by atoms with E-state index in [0.29, 0.717) is 22.6 Å². The second-order valence-electron chi connectivity index (χ2n) is 6.46. The number of carbonyl (C=O) groups is 2. The number of carbonyl (C=O) groups excluding carboxylic acids is 2. The Balaban J connectivity index is 1.41. The minimum Gasteiger partial charge on any atom is -0.481 e. The van der Waals surface area contributed by atoms with Gasteiger partial charge in [0.05, 0.1) is 5.56 Å². The van der Waals surface area contributed by atoms with Gasteiger partial charge in [-0.2, -0.15) is 0 Å². The van der Waals surface area contributed by atoms with Crippen molar-refractivity contribution in [2.75, 3.05) is 6.61 Å². The van der Waals surface area contributed by atoms with Crippen molar-refractivity contribution in [3.8, 4) is 11.5 Å². The molecule has 0 amide bonds. The van der Waals surface area contributed by atoms with Gasteiger partial charge in [-0.1, -0.05) is 36.4 Å². The van der Waals surface area contributed by atoms with Crippen LogP contribution >= 0.6 is 11.3 Å². The number of allylic oxidation sites excluding steroid dienone is 1. The van der Waals surface area contributed by atoms with Crippen molar-refractivity contribution in [3.05, 3.63) is 87.3 Å². The predicted octanol–water partition coefficient (Wildman–Crippen LogP) is 4.79. The molecule has 0 N–H and O–H groups in total. The average molecular weight is 406 g/mol. The Morgan fingerprint density at radius 3 is 2.69 bits per heavy atom. The lowest BCUT2D eigenvalue weighted by atomic mass is 10.1. The fourth-order valence-corrected chi connectivity index (χ4v) is 3.59. The molecule has 0 fully saturated rings. The van der Waals surface area contributed by atoms with Gasteiger partial charge in [-0.25, -0.2) is 4.79 Å². The van der Waals surface area contributed by atoms with Gasteiger partial charge in [0, 0.05) is 16.5 Å². The van der Waals surface area contributed by atoms with E-state index < -0.39 is 5.97 Å². The van der Waals surface area contributed by atoms with Crippen LogP contribution in [0, 0.1) is 6.92 Å². The van der Waals surface area contributed by atoms with Crippen LogP contribution in [0.15, 0.2) is 65.7 Å². The monoisotopic (exact) mass is 406 g/mol. The Bertz CT molecular complexity index is 1070. The molecule has 2 aromatic carbocycles. The summed E-state index contributed by atoms with van der Waals surface area (Å²) in [4.78, 5) is 25.5. The molecule has 5 nitrogen and oxygen atoms in total. The number of hydrogen-bond donors (Lipinski definition) is 0. The molecule has 0 saturated heterocycles. The number of thiophene rings is 1. The highest BCUT2D eigenvalue weighted by Gasteiger charge is 2.30. The van der Waals surface area contributed by atoms with Crippen molar-refractivity contribution in [3.63, 3.8) is 0 Å². The Morgan fingerprint density at radius 2 is 1.93 bits per heavy atom. The Labute approximate surface area is 172 Å². The van der Waals surface area contributed by atoms with Crippen LogP contribution in [-0.4, -0.2) is 18.4 Å². The molecular formula is C23H18O5S. The van der Waals surface area contributed by atoms with Crippen LogP contribution in [0.4, 0.5) is 0 Å². The number of rotatable bonds is 6. The van der Waals surface area contributed by atoms with Crippen molar-refractivity contribution in [2.24, 2.45) is 0 Å². The zero-order valence-corrected chi connectivity index (χ0v) is 16.5. The predicted molar refractivity (Wildman–Crippen MR) is 110 cm³/mol. The number of esters is 1. The second kappa shape index (κ2) is 8.32. The normalized spacial score (nSPS) is 13.8. The van der Waals surface area contributed by atoms with Gasteiger partial charge in [0.25, 0.3) is 0 Å². The summed E-state index contributed by atoms with van der Waals surface area (Å²) in [6.07, 6.45) is 1.73. The molecule has 0 bridgehead atoms. The molecule has 146 valence electrons. The highest BCUT2D eigenvalue weighted by atomic mass is 32.1. The number of hydrogen-bond acceptors (Lipinski definition) is 6. The summed E-state index contributed by atoms with van der Waals surface area (Å²) in [5.74, 6) is 0.595. The van der Waals surface area contributed by atoms with Gasteiger partial charge in [0.1, 0.15) is 18.1 Å². The van der Waals surface area contributed by atoms with Gasteiger partial charge in [-0.15, -0.1) is 11.3 Å². The van der Waals surface area contributed by atoms with E-state index >= 15 is 0 Å². The molecule has 0 radical (unpaired) electrons. The molecule has 0 aliphatic carbocycles. The minimum atomic E-state index is -0.468. The average Bonchev–Trinajstić information content (AvgIpc) is 3.36. The standard InChI is InChI=1S/C23H18O5S/c1-15-19(26-14-21(24)27-13-16-6-3-2-4-7-16)10-9-18-22(25)20(28-23(15)18)12-17-8-5-11-29-17/h2-12H,13-14H2,1H3/b20-12-. The van der Waals surface area contributed by atoms with E-state index in [2.05, 4.69) is 0 Å². The lowest BCUT2D eigenvalue weighted by Gasteiger charge is -2.11. The van der Waals surface area contributed by atoms with Crippen LogP contribution in [0.5, 0.6) is 11.5 Å². The van der Waals surface area contributed by atoms with Crippen molar-refractivity contribution in [2.45, 2.75) is 13.5 Å². The van der Waals surface area contributed by atoms with Crippen LogP contribution < -0.4 is 9.47 Å². The summed E-state index contributed by atoms with van der Waals surface area (Å²) in [7, 11) is 0. The lowest BCUT2D eigenvalue weighted by molar-refractivity contribution is -0.147. The fraction of sp³-hybridized carbons (Fsp3) is 0.130. The van der Waals surface area contributed by atoms with E-state index in [-0.39, 0.29) is 24.8 Å². The third kappa shape index (κ3) is 4.22. The maximum atomic E-state index is 12.6. The van der Waals surface area contributed by atoms with Crippen molar-refractivity contribution < 1.29 is 23.8 Å². The molecule has 1 aromatic heterocycles. The van der Waals surface area contributed by atoms with Gasteiger partial charge in [-0.05, 0) is 36.1 Å². The summed E-state index contributed by atoms with van der Waals surface area (Å²) in [6.45, 7) is 1.77. The van der Waals surface area contributed by atoms with Crippen LogP contribution in [0.1, 0.15) is 26.4 Å². The minimum absolute atomic E-state index is 0.162. The zero-order chi connectivity index (χ0) is 20.2. The Kier molecular flexibility index (Phi) is 5.44. The maximum Gasteiger partial charge on any atom is 0.344 e. The third-order valence-corrected chi connectivity index (χ3v) is 5.26. The Morgan fingerprint density at radius 1 is 1.10 bits per heavy atom. The fourth-order valence-electron chi connectivity index (χ4n) is 2.94. The summed E-state index contributed by atoms with van der Waals surface area (Å²) >= 11 is 1.53. The number of ketones is 1. The summed E-state index contributed by atoms with van der Waals surface area (Å²) in [6, 6.07) is 16.6. The highest BCUT2D eigenvalue weighted by molar-refractivity contribution is 7.10. The first-order valence-electron chi connectivity index (χ1n) is 9.05. The first-order chi connectivity index (χ1) is 14.1. The second-order valence-corrected chi connectivity index (χ2v) is 7.43. The largest absolute Gasteiger partial charge is 0.481 e. The quantitative estimate of drug-likeness (QED) is 0.435. The molecule has 0 saturated carbocycles. The van der Waals surface area contributed by atoms with E-state index in [9.17, 15) is 9.59 Å². The zero-order valence-electron chi connectivity index (χ0n) is 15.7. The van der Waals surface area contributed by atoms with Crippen molar-refractivity contribution in [1.29, 1.82) is 0 Å². The molecule has 6 heteroatoms. The van der Waals surface area contributed by atoms with Gasteiger partial charge in [0.2, 0.25) is 5.78 Å². The summed E-state index contributed by atoms with van der Waals surface area (Å²) < 4.78 is 16.6. The topological polar surface area (TPSA) is 61.8 Å². The maximum absolute atomic E-state index is 12.6. The summed E-state index contributed by atoms with van der Waals surface area (Å²) in [5.41, 5.74) is 2.07. The van der Waals surface area contributed by atoms with E-state index in [1.54, 1.807) is 25.1 Å². The molecular weight excluding hydrogens is 388 g/mol. The molecule has 29 heavy (non-hydrogen) atoms. The molecule has 3 aromatic rings. The lowest BCUT2D eigenvalue weighted by Crippen LogP contribution is -2.15. The van der Waals surface area contributed by atoms with Gasteiger partial charge in [-0.3, -0.25) is 4.79 Å². The van der Waals surface area contributed by atoms with E-state index in [1.165, 1.54) is 11.3 Å². The smallest absolute Gasteiger partial charge is 0.344 e. The number of Topliss-reactive ketones (excluding diaryl/α,β-unsaturated/α-hetero) is 1. The Hall–Kier alpha value is -3.38. The van der Waals surface area contributed by atoms with Crippen LogP contribution in [0.3, 0.4) is 0 Å². The van der Waals surface area contributed by atoms with E-state index in [0.717, 1.165) is 10.4 Å². The van der Waals surface area contributed by atoms with Gasteiger partial charge >= 0.3 is 5.97 Å². The van der Waals surface area contributed by atoms with Crippen molar-refractivity contribution >= 4 is 29.2 Å². The molecule has 4 rings (SSSR count). The molecule has 2 heterocycles. The number of benzene rings is 2. The first kappa shape index (κ1) is 19.0. The van der Waals surface area contributed by atoms with Gasteiger partial charge < -0.3 is 14.2 Å². The first-order valence-corrected chi connectivity index (χ1v) is 9.93. The van der Waals surface area contributed by atoms with E-state index in [1.807, 2.05) is 47.8 Å². The van der Waals surface area contributed by atoms with Crippen LogP contribution in [0.25, 0.3) is 6.08 Å². The SMILES string of the molecule is Cc1c(OCC(=O)OCc2ccccc2)ccc2c1O/C(=C\c1cccs1)C2=O. The van der Waals surface area contributed by atoms with E-state index in [4.69, 9.17) is 14.2 Å². The highest BCUT2D eigenvalue weighted by Crippen LogP contribution is 2.39.